The molecular weight excluding hydrogens is 460 g/mol. The normalized spacial score (nSPS) is 15.2. The average molecular weight is 493 g/mol. The van der Waals surface area contributed by atoms with Gasteiger partial charge in [0.15, 0.2) is 5.82 Å². The highest BCUT2D eigenvalue weighted by molar-refractivity contribution is 6.15. The molecule has 0 amide bonds. The number of aryl methyl sites for hydroxylation is 3. The number of ether oxygens (including phenoxy) is 1. The average Bonchev–Trinajstić information content (AvgIpc) is 3.25. The number of ketones is 1. The summed E-state index contributed by atoms with van der Waals surface area (Å²) in [6, 6.07) is 24.2. The van der Waals surface area contributed by atoms with E-state index in [1.807, 2.05) is 54.8 Å². The van der Waals surface area contributed by atoms with Crippen molar-refractivity contribution in [2.75, 3.05) is 7.11 Å². The molecule has 0 saturated carbocycles. The fourth-order valence-corrected chi connectivity index (χ4v) is 4.86. The van der Waals surface area contributed by atoms with Gasteiger partial charge in [-0.05, 0) is 50.5 Å². The van der Waals surface area contributed by atoms with Crippen molar-refractivity contribution in [2.45, 2.75) is 46.1 Å². The van der Waals surface area contributed by atoms with Crippen LogP contribution in [0.3, 0.4) is 0 Å². The quantitative estimate of drug-likeness (QED) is 0.302. The summed E-state index contributed by atoms with van der Waals surface area (Å²) in [5.41, 5.74) is 6.11. The van der Waals surface area contributed by atoms with Crippen LogP contribution in [0.25, 0.3) is 5.69 Å². The first-order chi connectivity index (χ1) is 17.9. The van der Waals surface area contributed by atoms with Crippen molar-refractivity contribution >= 4 is 11.5 Å². The molecule has 0 radical (unpaired) electrons. The van der Waals surface area contributed by atoms with E-state index in [1.165, 1.54) is 11.1 Å². The van der Waals surface area contributed by atoms with Crippen LogP contribution in [0.15, 0.2) is 77.8 Å². The van der Waals surface area contributed by atoms with E-state index in [-0.39, 0.29) is 18.1 Å². The van der Waals surface area contributed by atoms with Gasteiger partial charge in [0, 0.05) is 23.5 Å². The standard InChI is InChI=1S/C31H32N4O2/c1-20-10-14-24(15-11-20)30-26-18-25(37-4)16-17-28(26)35-22(3)33-34-31(35)27(32-30)19-29(36)21(2)12-13-23-8-6-5-7-9-23/h5-11,14-18,21,27H,12-13,19H2,1-4H3/t21?,27-/m0/s1. The fourth-order valence-electron chi connectivity index (χ4n) is 4.86. The van der Waals surface area contributed by atoms with Crippen molar-refractivity contribution in [1.29, 1.82) is 0 Å². The molecule has 37 heavy (non-hydrogen) atoms. The van der Waals surface area contributed by atoms with Crippen molar-refractivity contribution in [3.8, 4) is 11.4 Å². The van der Waals surface area contributed by atoms with Crippen LogP contribution >= 0.6 is 0 Å². The van der Waals surface area contributed by atoms with Crippen molar-refractivity contribution < 1.29 is 9.53 Å². The summed E-state index contributed by atoms with van der Waals surface area (Å²) in [5.74, 6) is 2.30. The highest BCUT2D eigenvalue weighted by Crippen LogP contribution is 2.35. The molecule has 0 saturated heterocycles. The monoisotopic (exact) mass is 492 g/mol. The molecule has 1 unspecified atom stereocenters. The zero-order valence-electron chi connectivity index (χ0n) is 21.8. The lowest BCUT2D eigenvalue weighted by molar-refractivity contribution is -0.122. The highest BCUT2D eigenvalue weighted by Gasteiger charge is 2.31. The Bertz CT molecular complexity index is 1440. The van der Waals surface area contributed by atoms with Gasteiger partial charge in [0.2, 0.25) is 0 Å². The van der Waals surface area contributed by atoms with Gasteiger partial charge in [-0.1, -0.05) is 67.1 Å². The third-order valence-electron chi connectivity index (χ3n) is 7.11. The Labute approximate surface area is 218 Å². The molecule has 4 aromatic rings. The number of nitrogens with zero attached hydrogens (tertiary/aromatic N) is 4. The topological polar surface area (TPSA) is 69.4 Å². The van der Waals surface area contributed by atoms with Crippen LogP contribution in [0.5, 0.6) is 5.75 Å². The Hall–Kier alpha value is -4.06. The summed E-state index contributed by atoms with van der Waals surface area (Å²) in [6.07, 6.45) is 1.94. The molecule has 1 aliphatic heterocycles. The van der Waals surface area contributed by atoms with E-state index in [2.05, 4.69) is 53.5 Å². The van der Waals surface area contributed by atoms with Gasteiger partial charge in [-0.3, -0.25) is 14.4 Å². The minimum absolute atomic E-state index is 0.0820. The minimum Gasteiger partial charge on any atom is -0.497 e. The Morgan fingerprint density at radius 2 is 1.76 bits per heavy atom. The van der Waals surface area contributed by atoms with Crippen LogP contribution in [-0.2, 0) is 11.2 Å². The first-order valence-electron chi connectivity index (χ1n) is 12.8. The number of aliphatic imine (C=N–C) groups is 1. The molecule has 0 aliphatic carbocycles. The second kappa shape index (κ2) is 10.5. The van der Waals surface area contributed by atoms with Gasteiger partial charge >= 0.3 is 0 Å². The fraction of sp³-hybridized carbons (Fsp3) is 0.290. The van der Waals surface area contributed by atoms with Crippen LogP contribution in [-0.4, -0.2) is 33.4 Å². The van der Waals surface area contributed by atoms with Gasteiger partial charge in [0.1, 0.15) is 23.4 Å². The summed E-state index contributed by atoms with van der Waals surface area (Å²) >= 11 is 0. The third-order valence-corrected chi connectivity index (χ3v) is 7.11. The maximum atomic E-state index is 13.5. The molecule has 1 aliphatic rings. The molecule has 6 nitrogen and oxygen atoms in total. The van der Waals surface area contributed by atoms with Crippen molar-refractivity contribution in [3.05, 3.63) is 107 Å². The first kappa shape index (κ1) is 24.6. The molecule has 3 aromatic carbocycles. The number of hydrogen-bond donors (Lipinski definition) is 0. The van der Waals surface area contributed by atoms with Gasteiger partial charge < -0.3 is 4.74 Å². The number of Topliss-reactive ketones (excluding diaryl/α,β-unsaturated/α-hetero) is 1. The summed E-state index contributed by atoms with van der Waals surface area (Å²) in [6.45, 7) is 6.02. The molecule has 0 bridgehead atoms. The molecule has 6 heteroatoms. The molecule has 1 aromatic heterocycles. The van der Waals surface area contributed by atoms with E-state index >= 15 is 0 Å². The van der Waals surface area contributed by atoms with Gasteiger partial charge in [0.25, 0.3) is 0 Å². The summed E-state index contributed by atoms with van der Waals surface area (Å²) < 4.78 is 7.59. The van der Waals surface area contributed by atoms with Crippen LogP contribution in [0.4, 0.5) is 0 Å². The maximum Gasteiger partial charge on any atom is 0.162 e. The van der Waals surface area contributed by atoms with E-state index in [1.54, 1.807) is 7.11 Å². The lowest BCUT2D eigenvalue weighted by Gasteiger charge is -2.15. The van der Waals surface area contributed by atoms with Crippen LogP contribution in [0.1, 0.15) is 59.7 Å². The molecule has 5 rings (SSSR count). The predicted octanol–water partition coefficient (Wildman–Crippen LogP) is 6.01. The second-order valence-electron chi connectivity index (χ2n) is 9.78. The minimum atomic E-state index is -0.442. The van der Waals surface area contributed by atoms with Crippen LogP contribution in [0, 0.1) is 19.8 Å². The second-order valence-corrected chi connectivity index (χ2v) is 9.78. The van der Waals surface area contributed by atoms with Crippen molar-refractivity contribution in [2.24, 2.45) is 10.9 Å². The SMILES string of the molecule is COc1ccc2c(c1)C(c1ccc(C)cc1)=N[C@@H](CC(=O)C(C)CCc1ccccc1)c1nnc(C)n1-2. The molecule has 2 heterocycles. The van der Waals surface area contributed by atoms with Crippen molar-refractivity contribution in [1.82, 2.24) is 14.8 Å². The third kappa shape index (κ3) is 5.10. The summed E-state index contributed by atoms with van der Waals surface area (Å²) in [5, 5.41) is 8.88. The number of rotatable bonds is 8. The van der Waals surface area contributed by atoms with E-state index < -0.39 is 6.04 Å². The molecule has 188 valence electrons. The smallest absolute Gasteiger partial charge is 0.162 e. The Kier molecular flexibility index (Phi) is 6.99. The zero-order chi connectivity index (χ0) is 25.9. The number of benzene rings is 3. The Morgan fingerprint density at radius 1 is 1.00 bits per heavy atom. The number of carbonyl (C=O) groups is 1. The Balaban J connectivity index is 1.53. The number of methoxy groups -OCH3 is 1. The number of carbonyl (C=O) groups excluding carboxylic acids is 1. The van der Waals surface area contributed by atoms with Gasteiger partial charge in [0.05, 0.1) is 18.5 Å². The summed E-state index contributed by atoms with van der Waals surface area (Å²) in [7, 11) is 1.66. The summed E-state index contributed by atoms with van der Waals surface area (Å²) in [4.78, 5) is 18.7. The molecule has 0 fully saturated rings. The van der Waals surface area contributed by atoms with Gasteiger partial charge in [-0.2, -0.15) is 0 Å². The number of fused-ring (bicyclic) bond motifs is 3. The van der Waals surface area contributed by atoms with E-state index in [9.17, 15) is 4.79 Å². The largest absolute Gasteiger partial charge is 0.497 e. The maximum absolute atomic E-state index is 13.5. The predicted molar refractivity (Wildman–Crippen MR) is 146 cm³/mol. The van der Waals surface area contributed by atoms with Crippen molar-refractivity contribution in [3.63, 3.8) is 0 Å². The lowest BCUT2D eigenvalue weighted by Crippen LogP contribution is -2.17. The van der Waals surface area contributed by atoms with Gasteiger partial charge in [-0.15, -0.1) is 10.2 Å². The van der Waals surface area contributed by atoms with E-state index in [0.29, 0.717) is 5.82 Å². The van der Waals surface area contributed by atoms with E-state index in [0.717, 1.165) is 46.9 Å². The molecule has 2 atom stereocenters. The molecular formula is C31H32N4O2. The highest BCUT2D eigenvalue weighted by atomic mass is 16.5. The number of hydrogen-bond acceptors (Lipinski definition) is 5. The van der Waals surface area contributed by atoms with Crippen LogP contribution < -0.4 is 4.74 Å². The van der Waals surface area contributed by atoms with Crippen LogP contribution in [0.2, 0.25) is 0 Å². The van der Waals surface area contributed by atoms with Gasteiger partial charge in [-0.25, -0.2) is 0 Å². The number of aromatic nitrogens is 3. The first-order valence-corrected chi connectivity index (χ1v) is 12.8. The molecule has 0 N–H and O–H groups in total. The Morgan fingerprint density at radius 3 is 2.49 bits per heavy atom. The zero-order valence-corrected chi connectivity index (χ0v) is 21.8. The molecule has 0 spiro atoms. The lowest BCUT2D eigenvalue weighted by atomic mass is 9.93. The van der Waals surface area contributed by atoms with E-state index in [4.69, 9.17) is 9.73 Å².